The lowest BCUT2D eigenvalue weighted by Gasteiger charge is -2.37. The van der Waals surface area contributed by atoms with Crippen LogP contribution in [0.25, 0.3) is 11.1 Å². The van der Waals surface area contributed by atoms with E-state index < -0.39 is 41.5 Å². The average molecular weight is 999 g/mol. The summed E-state index contributed by atoms with van der Waals surface area (Å²) in [6.07, 6.45) is 4.42. The summed E-state index contributed by atoms with van der Waals surface area (Å²) in [5.74, 6) is -2.01. The third-order valence-electron chi connectivity index (χ3n) is 13.6. The number of nitrogens with zero attached hydrogens (tertiary/aromatic N) is 4. The Kier molecular flexibility index (Phi) is 21.2. The van der Waals surface area contributed by atoms with Crippen molar-refractivity contribution in [1.29, 1.82) is 5.26 Å². The van der Waals surface area contributed by atoms with E-state index in [1.165, 1.54) is 31.2 Å². The van der Waals surface area contributed by atoms with Gasteiger partial charge in [0.25, 0.3) is 0 Å². The Hall–Kier alpha value is -6.80. The molecule has 0 unspecified atom stereocenters. The van der Waals surface area contributed by atoms with Crippen molar-refractivity contribution in [2.24, 2.45) is 29.0 Å². The number of benzene rings is 4. The minimum absolute atomic E-state index is 0.0266. The molecule has 0 radical (unpaired) electrons. The summed E-state index contributed by atoms with van der Waals surface area (Å²) in [7, 11) is 1.53. The third kappa shape index (κ3) is 15.1. The van der Waals surface area contributed by atoms with Crippen LogP contribution in [0.3, 0.4) is 0 Å². The molecule has 16 nitrogen and oxygen atoms in total. The van der Waals surface area contributed by atoms with E-state index in [0.717, 1.165) is 56.3 Å². The number of piperazine rings is 1. The summed E-state index contributed by atoms with van der Waals surface area (Å²) in [4.78, 5) is 77.0. The molecule has 1 fully saturated rings. The first-order valence-corrected chi connectivity index (χ1v) is 25.9. The van der Waals surface area contributed by atoms with E-state index >= 15 is 0 Å². The van der Waals surface area contributed by atoms with Crippen LogP contribution in [0.1, 0.15) is 99.2 Å². The van der Waals surface area contributed by atoms with Gasteiger partial charge in [0.2, 0.25) is 11.8 Å². The van der Waals surface area contributed by atoms with Gasteiger partial charge >= 0.3 is 0 Å². The molecule has 2 amide bonds. The molecule has 73 heavy (non-hydrogen) atoms. The first kappa shape index (κ1) is 55.5. The second-order valence-electron chi connectivity index (χ2n) is 19.0. The van der Waals surface area contributed by atoms with Crippen LogP contribution >= 0.6 is 0 Å². The minimum atomic E-state index is -1.22. The van der Waals surface area contributed by atoms with Gasteiger partial charge in [0.15, 0.2) is 17.3 Å². The number of nitriles is 1. The average Bonchev–Trinajstić information content (AvgIpc) is 3.40. The maximum Gasteiger partial charge on any atom is 0.226 e. The third-order valence-corrected chi connectivity index (χ3v) is 13.6. The zero-order valence-corrected chi connectivity index (χ0v) is 42.8. The number of nitrogens with two attached hydrogens (primary N) is 3. The Morgan fingerprint density at radius 3 is 1.99 bits per heavy atom. The number of hydrogen-bond acceptors (Lipinski definition) is 14. The number of nitrogens with one attached hydrogen (secondary N) is 1. The number of Topliss-reactive ketones (excluding diaryl/α,β-unsaturated/α-hetero) is 3. The highest BCUT2D eigenvalue weighted by molar-refractivity contribution is 6.00. The molecule has 2 heterocycles. The number of carbonyl (C=O) groups is 5. The van der Waals surface area contributed by atoms with Gasteiger partial charge < -0.3 is 51.4 Å². The quantitative estimate of drug-likeness (QED) is 0.0430. The Balaban J connectivity index is 1.22. The molecule has 2 aliphatic heterocycles. The first-order valence-electron chi connectivity index (χ1n) is 25.9. The van der Waals surface area contributed by atoms with Crippen LogP contribution in [0.5, 0.6) is 17.2 Å². The van der Waals surface area contributed by atoms with Crippen molar-refractivity contribution in [2.45, 2.75) is 90.1 Å². The van der Waals surface area contributed by atoms with E-state index in [-0.39, 0.29) is 82.9 Å². The van der Waals surface area contributed by atoms with E-state index in [2.05, 4.69) is 34.2 Å². The van der Waals surface area contributed by atoms with E-state index in [4.69, 9.17) is 31.4 Å². The molecule has 4 bridgehead atoms. The summed E-state index contributed by atoms with van der Waals surface area (Å²) in [5.41, 5.74) is 22.7. The van der Waals surface area contributed by atoms with Crippen LogP contribution in [0.2, 0.25) is 0 Å². The summed E-state index contributed by atoms with van der Waals surface area (Å²) in [6, 6.07) is 26.1. The number of hydrogen-bond donors (Lipinski definition) is 4. The van der Waals surface area contributed by atoms with Crippen molar-refractivity contribution in [3.8, 4) is 34.4 Å². The number of likely N-dealkylation sites (N-methyl/N-ethyl adjacent to an activating group) is 1. The Morgan fingerprint density at radius 1 is 0.767 bits per heavy atom. The van der Waals surface area contributed by atoms with Crippen molar-refractivity contribution in [3.63, 3.8) is 0 Å². The maximum absolute atomic E-state index is 14.8. The van der Waals surface area contributed by atoms with Crippen molar-refractivity contribution >= 4 is 40.5 Å². The molecule has 390 valence electrons. The van der Waals surface area contributed by atoms with Crippen LogP contribution in [-0.4, -0.2) is 113 Å². The lowest BCUT2D eigenvalue weighted by atomic mass is 9.88. The van der Waals surface area contributed by atoms with Gasteiger partial charge in [-0.25, -0.2) is 0 Å². The number of fused-ring (bicyclic) bond motifs is 5. The number of anilines is 2. The van der Waals surface area contributed by atoms with Gasteiger partial charge in [0, 0.05) is 112 Å². The fourth-order valence-electron chi connectivity index (χ4n) is 9.54. The Bertz CT molecular complexity index is 2520. The maximum atomic E-state index is 14.8. The molecule has 16 heteroatoms. The molecule has 0 spiro atoms. The SMILES string of the molecule is CCCCCCOc1ccc(N2CCN(c3ccc(C(=O)C[C@@H](CCN)C(=O)N(C)[C@@H]4C(=O)C[C@@H](C)C(=O)N[C@H](C(=O)CCC#N)Cc5ccc(OCCN)c(c5)-c5cc4ccc5OCCN)cc3)CC2)cc1. The van der Waals surface area contributed by atoms with Crippen LogP contribution in [0.15, 0.2) is 84.9 Å². The van der Waals surface area contributed by atoms with E-state index in [1.807, 2.05) is 36.4 Å². The highest BCUT2D eigenvalue weighted by atomic mass is 16.5. The summed E-state index contributed by atoms with van der Waals surface area (Å²) < 4.78 is 18.2. The molecule has 0 aromatic heterocycles. The van der Waals surface area contributed by atoms with Crippen LogP contribution in [0, 0.1) is 23.2 Å². The lowest BCUT2D eigenvalue weighted by molar-refractivity contribution is -0.142. The lowest BCUT2D eigenvalue weighted by Crippen LogP contribution is -2.46. The van der Waals surface area contributed by atoms with Crippen molar-refractivity contribution in [3.05, 3.63) is 102 Å². The number of ether oxygens (including phenoxy) is 3. The first-order chi connectivity index (χ1) is 35.4. The smallest absolute Gasteiger partial charge is 0.226 e. The van der Waals surface area contributed by atoms with Gasteiger partial charge in [-0.2, -0.15) is 5.26 Å². The van der Waals surface area contributed by atoms with Crippen molar-refractivity contribution < 1.29 is 38.2 Å². The number of carbonyl (C=O) groups excluding carboxylic acids is 5. The number of amides is 2. The van der Waals surface area contributed by atoms with Crippen molar-refractivity contribution in [1.82, 2.24) is 10.2 Å². The second-order valence-corrected chi connectivity index (χ2v) is 19.0. The zero-order chi connectivity index (χ0) is 52.3. The molecule has 4 atom stereocenters. The van der Waals surface area contributed by atoms with Gasteiger partial charge in [-0.3, -0.25) is 24.0 Å². The van der Waals surface area contributed by atoms with Crippen molar-refractivity contribution in [2.75, 3.05) is 82.5 Å². The monoisotopic (exact) mass is 999 g/mol. The predicted octanol–water partition coefficient (Wildman–Crippen LogP) is 6.56. The van der Waals surface area contributed by atoms with Crippen LogP contribution in [0.4, 0.5) is 11.4 Å². The highest BCUT2D eigenvalue weighted by Gasteiger charge is 2.36. The summed E-state index contributed by atoms with van der Waals surface area (Å²) >= 11 is 0. The normalized spacial score (nSPS) is 17.4. The number of rotatable bonds is 24. The number of unbranched alkanes of at least 4 members (excludes halogenated alkanes) is 3. The van der Waals surface area contributed by atoms with E-state index in [0.29, 0.717) is 39.3 Å². The molecule has 0 aliphatic carbocycles. The highest BCUT2D eigenvalue weighted by Crippen LogP contribution is 2.41. The fraction of sp³-hybridized carbons (Fsp3) is 0.474. The summed E-state index contributed by atoms with van der Waals surface area (Å²) in [5, 5.41) is 12.1. The topological polar surface area (TPSA) is 237 Å². The van der Waals surface area contributed by atoms with Gasteiger partial charge in [0.05, 0.1) is 18.7 Å². The van der Waals surface area contributed by atoms with Gasteiger partial charge in [0.1, 0.15) is 36.5 Å². The van der Waals surface area contributed by atoms with Crippen LogP contribution < -0.4 is 46.5 Å². The largest absolute Gasteiger partial charge is 0.494 e. The molecule has 4 aromatic carbocycles. The molecule has 4 aromatic rings. The molecule has 7 N–H and O–H groups in total. The molecule has 2 aliphatic rings. The molecule has 6 rings (SSSR count). The zero-order valence-electron chi connectivity index (χ0n) is 42.8. The molecular formula is C57H74N8O8. The molecule has 1 saturated heterocycles. The Labute approximate surface area is 430 Å². The predicted molar refractivity (Wildman–Crippen MR) is 284 cm³/mol. The minimum Gasteiger partial charge on any atom is -0.494 e. The molecular weight excluding hydrogens is 925 g/mol. The molecule has 0 saturated carbocycles. The van der Waals surface area contributed by atoms with Crippen LogP contribution in [-0.2, 0) is 25.6 Å². The van der Waals surface area contributed by atoms with Gasteiger partial charge in [-0.05, 0) is 110 Å². The second kappa shape index (κ2) is 27.9. The Morgan fingerprint density at radius 2 is 1.38 bits per heavy atom. The fourth-order valence-corrected chi connectivity index (χ4v) is 9.54. The van der Waals surface area contributed by atoms with E-state index in [1.54, 1.807) is 49.4 Å². The van der Waals surface area contributed by atoms with E-state index in [9.17, 15) is 29.2 Å². The van der Waals surface area contributed by atoms with Gasteiger partial charge in [-0.15, -0.1) is 0 Å². The van der Waals surface area contributed by atoms with Gasteiger partial charge in [-0.1, -0.05) is 45.2 Å². The summed E-state index contributed by atoms with van der Waals surface area (Å²) in [6.45, 7) is 8.71. The number of ketones is 3. The standard InChI is InChI=1S/C57H74N8O8/c1-4-5-6-7-31-71-46-18-16-45(17-19-46)65-29-27-64(28-30-65)44-14-11-41(12-15-44)51(67)38-43(22-24-59)57(70)63(3)55-42-13-21-54(73-33-26-61)48(37-42)47-35-40(10-20-53(47)72-32-25-60)36-49(50(66)9-8-23-58)62-56(69)39(2)34-52(55)68/h10-21,35,37,39,43,49,55H,4-9,22,24-34,36,38,59-61H2,1-3H3,(H,62,69)/t39-,43-,49+,55+/m1/s1.